The maximum absolute atomic E-state index is 11.6. The Hall–Kier alpha value is -0.620. The first-order valence-electron chi connectivity index (χ1n) is 4.86. The van der Waals surface area contributed by atoms with Crippen LogP contribution in [0, 0.1) is 6.92 Å². The number of nitrogens with two attached hydrogens (primary N) is 1. The highest BCUT2D eigenvalue weighted by atomic mass is 79.9. The Bertz CT molecular complexity index is 388. The zero-order valence-electron chi connectivity index (χ0n) is 9.70. The number of halogens is 2. The zero-order chi connectivity index (χ0) is 12.1. The van der Waals surface area contributed by atoms with Crippen LogP contribution in [0.2, 0.25) is 0 Å². The van der Waals surface area contributed by atoms with Crippen molar-refractivity contribution in [2.24, 2.45) is 5.73 Å². The number of aryl methyl sites for hydroxylation is 1. The fourth-order valence-corrected chi connectivity index (χ4v) is 1.46. The lowest BCUT2D eigenvalue weighted by Crippen LogP contribution is -2.39. The van der Waals surface area contributed by atoms with E-state index < -0.39 is 6.04 Å². The molecule has 0 aromatic heterocycles. The highest BCUT2D eigenvalue weighted by Crippen LogP contribution is 2.19. The van der Waals surface area contributed by atoms with Crippen LogP contribution in [0.3, 0.4) is 0 Å². The van der Waals surface area contributed by atoms with Gasteiger partial charge in [0.25, 0.3) is 0 Å². The minimum Gasteiger partial charge on any atom is -0.383 e. The van der Waals surface area contributed by atoms with Crippen molar-refractivity contribution in [3.8, 4) is 0 Å². The highest BCUT2D eigenvalue weighted by molar-refractivity contribution is 9.10. The summed E-state index contributed by atoms with van der Waals surface area (Å²) in [5, 5.41) is 2.73. The first-order valence-corrected chi connectivity index (χ1v) is 5.65. The number of carbonyl (C=O) groups excluding carboxylic acids is 1. The molecule has 3 N–H and O–H groups in total. The molecule has 6 heteroatoms. The van der Waals surface area contributed by atoms with Crippen LogP contribution < -0.4 is 11.1 Å². The van der Waals surface area contributed by atoms with Gasteiger partial charge in [-0.25, -0.2) is 0 Å². The highest BCUT2D eigenvalue weighted by Gasteiger charge is 2.13. The van der Waals surface area contributed by atoms with Crippen LogP contribution in [0.15, 0.2) is 22.7 Å². The predicted molar refractivity (Wildman–Crippen MR) is 74.6 cm³/mol. The minimum absolute atomic E-state index is 0. The lowest BCUT2D eigenvalue weighted by molar-refractivity contribution is -0.118. The van der Waals surface area contributed by atoms with Crippen molar-refractivity contribution in [3.63, 3.8) is 0 Å². The summed E-state index contributed by atoms with van der Waals surface area (Å²) in [5.41, 5.74) is 7.38. The summed E-state index contributed by atoms with van der Waals surface area (Å²) in [6.45, 7) is 2.16. The summed E-state index contributed by atoms with van der Waals surface area (Å²) in [6.07, 6.45) is 0. The van der Waals surface area contributed by atoms with Gasteiger partial charge in [0.2, 0.25) is 5.91 Å². The van der Waals surface area contributed by atoms with Gasteiger partial charge in [-0.05, 0) is 30.7 Å². The molecule has 1 atom stereocenters. The standard InChI is InChI=1S/C11H15BrN2O2.ClH/c1-7-5-8(3-4-9(7)12)14-11(15)10(13)6-16-2;/h3-5,10H,6,13H2,1-2H3,(H,14,15);1H. The van der Waals surface area contributed by atoms with E-state index in [1.165, 1.54) is 7.11 Å². The predicted octanol–water partition coefficient (Wildman–Crippen LogP) is 2.09. The molecule has 96 valence electrons. The zero-order valence-corrected chi connectivity index (χ0v) is 12.1. The van der Waals surface area contributed by atoms with Crippen molar-refractivity contribution in [3.05, 3.63) is 28.2 Å². The fraction of sp³-hybridized carbons (Fsp3) is 0.364. The molecule has 1 rings (SSSR count). The molecule has 0 aliphatic rings. The van der Waals surface area contributed by atoms with Crippen LogP contribution in [0.5, 0.6) is 0 Å². The SMILES string of the molecule is COCC(N)C(=O)Nc1ccc(Br)c(C)c1.Cl. The molecule has 0 spiro atoms. The molecule has 0 fully saturated rings. The summed E-state index contributed by atoms with van der Waals surface area (Å²) >= 11 is 3.39. The van der Waals surface area contributed by atoms with E-state index in [1.54, 1.807) is 0 Å². The third-order valence-corrected chi connectivity index (χ3v) is 3.00. The number of ether oxygens (including phenoxy) is 1. The third kappa shape index (κ3) is 5.04. The second kappa shape index (κ2) is 7.66. The van der Waals surface area contributed by atoms with E-state index in [4.69, 9.17) is 10.5 Å². The Balaban J connectivity index is 0.00000256. The van der Waals surface area contributed by atoms with Crippen molar-refractivity contribution in [2.45, 2.75) is 13.0 Å². The monoisotopic (exact) mass is 322 g/mol. The van der Waals surface area contributed by atoms with Crippen LogP contribution >= 0.6 is 28.3 Å². The Morgan fingerprint density at radius 2 is 2.24 bits per heavy atom. The molecule has 0 aliphatic heterocycles. The Kier molecular flexibility index (Phi) is 7.38. The smallest absolute Gasteiger partial charge is 0.243 e. The summed E-state index contributed by atoms with van der Waals surface area (Å²) in [4.78, 5) is 11.6. The summed E-state index contributed by atoms with van der Waals surface area (Å²) < 4.78 is 5.82. The van der Waals surface area contributed by atoms with Gasteiger partial charge in [-0.2, -0.15) is 0 Å². The molecular formula is C11H16BrClN2O2. The maximum Gasteiger partial charge on any atom is 0.243 e. The fourth-order valence-electron chi connectivity index (χ4n) is 1.21. The number of methoxy groups -OCH3 is 1. The van der Waals surface area contributed by atoms with Crippen molar-refractivity contribution < 1.29 is 9.53 Å². The molecule has 1 aromatic rings. The second-order valence-electron chi connectivity index (χ2n) is 3.52. The Labute approximate surface area is 115 Å². The van der Waals surface area contributed by atoms with Gasteiger partial charge in [0.05, 0.1) is 6.61 Å². The molecule has 1 amide bonds. The van der Waals surface area contributed by atoms with Gasteiger partial charge in [0.1, 0.15) is 6.04 Å². The van der Waals surface area contributed by atoms with Gasteiger partial charge >= 0.3 is 0 Å². The van der Waals surface area contributed by atoms with E-state index in [0.717, 1.165) is 15.7 Å². The lowest BCUT2D eigenvalue weighted by Gasteiger charge is -2.11. The molecule has 0 saturated heterocycles. The average molecular weight is 324 g/mol. The van der Waals surface area contributed by atoms with Gasteiger partial charge in [0, 0.05) is 17.3 Å². The van der Waals surface area contributed by atoms with Crippen LogP contribution in [0.4, 0.5) is 5.69 Å². The Morgan fingerprint density at radius 3 is 2.76 bits per heavy atom. The maximum atomic E-state index is 11.6. The van der Waals surface area contributed by atoms with E-state index in [-0.39, 0.29) is 24.9 Å². The number of amides is 1. The minimum atomic E-state index is -0.644. The first kappa shape index (κ1) is 16.4. The lowest BCUT2D eigenvalue weighted by atomic mass is 10.2. The molecule has 17 heavy (non-hydrogen) atoms. The number of rotatable bonds is 4. The quantitative estimate of drug-likeness (QED) is 0.892. The van der Waals surface area contributed by atoms with Crippen molar-refractivity contribution in [2.75, 3.05) is 19.0 Å². The van der Waals surface area contributed by atoms with E-state index in [0.29, 0.717) is 0 Å². The Morgan fingerprint density at radius 1 is 1.59 bits per heavy atom. The van der Waals surface area contributed by atoms with Crippen molar-refractivity contribution >= 4 is 39.9 Å². The molecule has 1 aromatic carbocycles. The van der Waals surface area contributed by atoms with Crippen LogP contribution in [-0.2, 0) is 9.53 Å². The number of hydrogen-bond acceptors (Lipinski definition) is 3. The molecule has 4 nitrogen and oxygen atoms in total. The number of carbonyl (C=O) groups is 1. The van der Waals surface area contributed by atoms with E-state index in [9.17, 15) is 4.79 Å². The van der Waals surface area contributed by atoms with Crippen LogP contribution in [0.1, 0.15) is 5.56 Å². The van der Waals surface area contributed by atoms with E-state index >= 15 is 0 Å². The molecule has 0 bridgehead atoms. The van der Waals surface area contributed by atoms with Gasteiger partial charge in [0.15, 0.2) is 0 Å². The largest absolute Gasteiger partial charge is 0.383 e. The van der Waals surface area contributed by atoms with Crippen LogP contribution in [0.25, 0.3) is 0 Å². The van der Waals surface area contributed by atoms with Crippen LogP contribution in [-0.4, -0.2) is 25.7 Å². The van der Waals surface area contributed by atoms with Gasteiger partial charge in [-0.1, -0.05) is 15.9 Å². The van der Waals surface area contributed by atoms with Crippen molar-refractivity contribution in [1.82, 2.24) is 0 Å². The molecule has 0 aliphatic carbocycles. The van der Waals surface area contributed by atoms with E-state index in [2.05, 4.69) is 21.2 Å². The average Bonchev–Trinajstić information content (AvgIpc) is 2.24. The second-order valence-corrected chi connectivity index (χ2v) is 4.37. The molecule has 0 radical (unpaired) electrons. The first-order chi connectivity index (χ1) is 7.54. The summed E-state index contributed by atoms with van der Waals surface area (Å²) in [6, 6.07) is 4.93. The number of anilines is 1. The summed E-state index contributed by atoms with van der Waals surface area (Å²) in [7, 11) is 1.51. The van der Waals surface area contributed by atoms with Gasteiger partial charge < -0.3 is 15.8 Å². The molecule has 0 saturated carbocycles. The van der Waals surface area contributed by atoms with E-state index in [1.807, 2.05) is 25.1 Å². The van der Waals surface area contributed by atoms with Crippen molar-refractivity contribution in [1.29, 1.82) is 0 Å². The number of benzene rings is 1. The number of nitrogens with one attached hydrogen (secondary N) is 1. The summed E-state index contributed by atoms with van der Waals surface area (Å²) in [5.74, 6) is -0.247. The van der Waals surface area contributed by atoms with Gasteiger partial charge in [-0.3, -0.25) is 4.79 Å². The molecular weight excluding hydrogens is 307 g/mol. The van der Waals surface area contributed by atoms with Gasteiger partial charge in [-0.15, -0.1) is 12.4 Å². The third-order valence-electron chi connectivity index (χ3n) is 2.11. The molecule has 1 unspecified atom stereocenters. The molecule has 0 heterocycles. The normalized spacial score (nSPS) is 11.5. The topological polar surface area (TPSA) is 64.3 Å². The number of hydrogen-bond donors (Lipinski definition) is 2.